The number of hydrogen-bond donors (Lipinski definition) is 2. The van der Waals surface area contributed by atoms with Crippen molar-refractivity contribution >= 4 is 29.5 Å². The monoisotopic (exact) mass is 410 g/mol. The van der Waals surface area contributed by atoms with Gasteiger partial charge in [-0.2, -0.15) is 0 Å². The smallest absolute Gasteiger partial charge is 0.321 e. The van der Waals surface area contributed by atoms with Crippen molar-refractivity contribution in [3.63, 3.8) is 0 Å². The molecule has 5 saturated carbocycles. The maximum atomic E-state index is 12.8. The Bertz CT molecular complexity index is 653. The van der Waals surface area contributed by atoms with Gasteiger partial charge in [0.05, 0.1) is 5.41 Å². The summed E-state index contributed by atoms with van der Waals surface area (Å²) >= 11 is 6.76. The Morgan fingerprint density at radius 2 is 1.75 bits per heavy atom. The van der Waals surface area contributed by atoms with Crippen LogP contribution in [0, 0.1) is 23.2 Å². The van der Waals surface area contributed by atoms with Crippen LogP contribution in [-0.2, 0) is 14.3 Å². The second-order valence-electron chi connectivity index (χ2n) is 9.86. The first-order valence-electron chi connectivity index (χ1n) is 10.7. The van der Waals surface area contributed by atoms with E-state index in [1.54, 1.807) is 0 Å². The first-order valence-corrected chi connectivity index (χ1v) is 11.1. The van der Waals surface area contributed by atoms with Crippen molar-refractivity contribution in [3.05, 3.63) is 0 Å². The van der Waals surface area contributed by atoms with E-state index in [2.05, 4.69) is 17.6 Å². The van der Waals surface area contributed by atoms with E-state index in [1.807, 2.05) is 0 Å². The number of esters is 1. The standard InChI is InChI=1S/C21H31ClN2O4/c1-13-4-2-3-5-16(13)23-19(27)24-17(25)11-28-18(26)20-7-14-6-15(8-20)10-21(22,9-14)12-20/h13-16H,2-12H2,1H3,(H2,23,24,25,27)/t13-,14-,15-,16+,20?,21?/m1/s1. The molecular formula is C21H31ClN2O4. The highest BCUT2D eigenvalue weighted by atomic mass is 35.5. The third-order valence-corrected chi connectivity index (χ3v) is 7.88. The van der Waals surface area contributed by atoms with Crippen LogP contribution < -0.4 is 10.6 Å². The molecule has 156 valence electrons. The highest BCUT2D eigenvalue weighted by Gasteiger charge is 2.60. The number of alkyl halides is 1. The Labute approximate surface area is 171 Å². The van der Waals surface area contributed by atoms with E-state index in [4.69, 9.17) is 16.3 Å². The second-order valence-corrected chi connectivity index (χ2v) is 10.7. The summed E-state index contributed by atoms with van der Waals surface area (Å²) in [5.41, 5.74) is -0.536. The number of hydrogen-bond acceptors (Lipinski definition) is 4. The van der Waals surface area contributed by atoms with Crippen LogP contribution >= 0.6 is 11.6 Å². The van der Waals surface area contributed by atoms with Crippen LogP contribution in [0.5, 0.6) is 0 Å². The highest BCUT2D eigenvalue weighted by molar-refractivity contribution is 6.24. The molecule has 0 radical (unpaired) electrons. The second kappa shape index (κ2) is 7.51. The number of rotatable bonds is 4. The first-order chi connectivity index (χ1) is 13.3. The Balaban J connectivity index is 1.26. The molecule has 0 aromatic carbocycles. The molecule has 0 aromatic rings. The van der Waals surface area contributed by atoms with Crippen LogP contribution in [0.1, 0.15) is 71.1 Å². The van der Waals surface area contributed by atoms with Gasteiger partial charge in [-0.05, 0) is 69.1 Å². The Morgan fingerprint density at radius 1 is 1.07 bits per heavy atom. The van der Waals surface area contributed by atoms with Gasteiger partial charge in [-0.15, -0.1) is 11.6 Å². The fourth-order valence-electron chi connectivity index (χ4n) is 6.57. The lowest BCUT2D eigenvalue weighted by Crippen LogP contribution is -2.56. The van der Waals surface area contributed by atoms with Crippen LogP contribution in [0.4, 0.5) is 4.79 Å². The fraction of sp³-hybridized carbons (Fsp3) is 0.857. The van der Waals surface area contributed by atoms with Crippen molar-refractivity contribution in [1.29, 1.82) is 0 Å². The van der Waals surface area contributed by atoms with Gasteiger partial charge >= 0.3 is 12.0 Å². The molecule has 0 aromatic heterocycles. The first kappa shape index (κ1) is 20.0. The van der Waals surface area contributed by atoms with Gasteiger partial charge in [0.25, 0.3) is 5.91 Å². The van der Waals surface area contributed by atoms with Crippen molar-refractivity contribution in [3.8, 4) is 0 Å². The molecular weight excluding hydrogens is 380 g/mol. The lowest BCUT2D eigenvalue weighted by atomic mass is 9.49. The molecule has 0 unspecified atom stereocenters. The van der Waals surface area contributed by atoms with E-state index in [9.17, 15) is 14.4 Å². The molecule has 3 amide bonds. The molecule has 4 bridgehead atoms. The highest BCUT2D eigenvalue weighted by Crippen LogP contribution is 2.64. The van der Waals surface area contributed by atoms with Crippen molar-refractivity contribution < 1.29 is 19.1 Å². The largest absolute Gasteiger partial charge is 0.455 e. The van der Waals surface area contributed by atoms with Gasteiger partial charge in [0.15, 0.2) is 6.61 Å². The van der Waals surface area contributed by atoms with E-state index < -0.39 is 24.0 Å². The molecule has 5 aliphatic rings. The van der Waals surface area contributed by atoms with Gasteiger partial charge in [0, 0.05) is 10.9 Å². The zero-order valence-electron chi connectivity index (χ0n) is 16.6. The molecule has 0 spiro atoms. The summed E-state index contributed by atoms with van der Waals surface area (Å²) in [5, 5.41) is 5.16. The number of carbonyl (C=O) groups is 3. The summed E-state index contributed by atoms with van der Waals surface area (Å²) in [6, 6.07) is -0.412. The van der Waals surface area contributed by atoms with Crippen molar-refractivity contribution in [1.82, 2.24) is 10.6 Å². The average molecular weight is 411 g/mol. The summed E-state index contributed by atoms with van der Waals surface area (Å²) in [5.74, 6) is 0.487. The molecule has 6 nitrogen and oxygen atoms in total. The van der Waals surface area contributed by atoms with Crippen LogP contribution in [-0.4, -0.2) is 35.4 Å². The molecule has 2 N–H and O–H groups in total. The number of urea groups is 1. The third kappa shape index (κ3) is 4.03. The molecule has 5 rings (SSSR count). The Kier molecular flexibility index (Phi) is 5.36. The lowest BCUT2D eigenvalue weighted by molar-refractivity contribution is -0.171. The van der Waals surface area contributed by atoms with Gasteiger partial charge in [-0.25, -0.2) is 4.79 Å². The minimum Gasteiger partial charge on any atom is -0.455 e. The van der Waals surface area contributed by atoms with Gasteiger partial charge in [0.2, 0.25) is 0 Å². The Hall–Kier alpha value is -1.30. The van der Waals surface area contributed by atoms with E-state index in [1.165, 1.54) is 6.42 Å². The molecule has 5 aliphatic carbocycles. The number of ether oxygens (including phenoxy) is 1. The maximum absolute atomic E-state index is 12.8. The zero-order chi connectivity index (χ0) is 19.9. The van der Waals surface area contributed by atoms with Gasteiger partial charge in [0.1, 0.15) is 0 Å². The zero-order valence-corrected chi connectivity index (χ0v) is 17.4. The average Bonchev–Trinajstić information content (AvgIpc) is 2.59. The summed E-state index contributed by atoms with van der Waals surface area (Å²) < 4.78 is 5.36. The summed E-state index contributed by atoms with van der Waals surface area (Å²) in [6.07, 6.45) is 9.71. The molecule has 4 atom stereocenters. The van der Waals surface area contributed by atoms with Gasteiger partial charge < -0.3 is 10.1 Å². The topological polar surface area (TPSA) is 84.5 Å². The Morgan fingerprint density at radius 3 is 2.39 bits per heavy atom. The SMILES string of the molecule is C[C@@H]1CCCC[C@@H]1NC(=O)NC(=O)COC(=O)C12C[C@H]3C[C@@H](CC(Cl)(C3)C1)C2. The summed E-state index contributed by atoms with van der Waals surface area (Å²) in [6.45, 7) is 1.70. The molecule has 0 saturated heterocycles. The molecule has 28 heavy (non-hydrogen) atoms. The van der Waals surface area contributed by atoms with Crippen LogP contribution in [0.3, 0.4) is 0 Å². The van der Waals surface area contributed by atoms with Crippen molar-refractivity contribution in [2.75, 3.05) is 6.61 Å². The van der Waals surface area contributed by atoms with Crippen molar-refractivity contribution in [2.45, 2.75) is 82.0 Å². The lowest BCUT2D eigenvalue weighted by Gasteiger charge is -2.58. The van der Waals surface area contributed by atoms with Crippen LogP contribution in [0.2, 0.25) is 0 Å². The minimum atomic E-state index is -0.584. The molecule has 7 heteroatoms. The van der Waals surface area contributed by atoms with E-state index >= 15 is 0 Å². The number of halogens is 1. The van der Waals surface area contributed by atoms with Crippen LogP contribution in [0.25, 0.3) is 0 Å². The normalized spacial score (nSPS) is 41.4. The van der Waals surface area contributed by atoms with E-state index in [0.29, 0.717) is 24.2 Å². The van der Waals surface area contributed by atoms with E-state index in [-0.39, 0.29) is 16.9 Å². The third-order valence-electron chi connectivity index (χ3n) is 7.44. The van der Waals surface area contributed by atoms with Gasteiger partial charge in [-0.1, -0.05) is 19.8 Å². The molecule has 0 aliphatic heterocycles. The molecule has 5 fully saturated rings. The van der Waals surface area contributed by atoms with Gasteiger partial charge in [-0.3, -0.25) is 14.9 Å². The predicted octanol–water partition coefficient (Wildman–Crippen LogP) is 3.51. The van der Waals surface area contributed by atoms with Crippen LogP contribution in [0.15, 0.2) is 0 Å². The summed E-state index contributed by atoms with van der Waals surface area (Å²) in [4.78, 5) is 36.7. The quantitative estimate of drug-likeness (QED) is 0.548. The molecule has 0 heterocycles. The number of nitrogens with one attached hydrogen (secondary N) is 2. The number of imide groups is 1. The number of amides is 3. The number of carbonyl (C=O) groups excluding carboxylic acids is 3. The predicted molar refractivity (Wildman–Crippen MR) is 105 cm³/mol. The summed E-state index contributed by atoms with van der Waals surface area (Å²) in [7, 11) is 0. The van der Waals surface area contributed by atoms with Crippen molar-refractivity contribution in [2.24, 2.45) is 23.2 Å². The fourth-order valence-corrected chi connectivity index (χ4v) is 7.26. The maximum Gasteiger partial charge on any atom is 0.321 e. The van der Waals surface area contributed by atoms with E-state index in [0.717, 1.165) is 51.4 Å². The minimum absolute atomic E-state index is 0.0936.